The molecule has 1 saturated heterocycles. The van der Waals surface area contributed by atoms with Crippen LogP contribution in [-0.4, -0.2) is 40.3 Å². The van der Waals surface area contributed by atoms with Gasteiger partial charge in [0.15, 0.2) is 0 Å². The van der Waals surface area contributed by atoms with Crippen molar-refractivity contribution in [3.63, 3.8) is 0 Å². The lowest BCUT2D eigenvalue weighted by molar-refractivity contribution is 0.0635. The molecular weight excluding hydrogens is 430 g/mol. The van der Waals surface area contributed by atoms with Crippen LogP contribution in [0, 0.1) is 6.92 Å². The van der Waals surface area contributed by atoms with Gasteiger partial charge in [-0.2, -0.15) is 0 Å². The van der Waals surface area contributed by atoms with Gasteiger partial charge in [-0.25, -0.2) is 9.59 Å². The minimum atomic E-state index is -0.561. The van der Waals surface area contributed by atoms with Gasteiger partial charge in [-0.3, -0.25) is 5.32 Å². The Hall–Kier alpha value is -3.48. The van der Waals surface area contributed by atoms with Crippen LogP contribution >= 0.6 is 0 Å². The molecule has 180 valence electrons. The average Bonchev–Trinajstić information content (AvgIpc) is 3.23. The van der Waals surface area contributed by atoms with E-state index in [-0.39, 0.29) is 18.7 Å². The maximum Gasteiger partial charge on any atom is 0.412 e. The predicted molar refractivity (Wildman–Crippen MR) is 133 cm³/mol. The zero-order valence-corrected chi connectivity index (χ0v) is 20.3. The number of rotatable bonds is 4. The summed E-state index contributed by atoms with van der Waals surface area (Å²) >= 11 is 0. The quantitative estimate of drug-likeness (QED) is 0.495. The second kappa shape index (κ2) is 9.79. The summed E-state index contributed by atoms with van der Waals surface area (Å²) in [7, 11) is 0. The zero-order chi connectivity index (χ0) is 24.3. The lowest BCUT2D eigenvalue weighted by atomic mass is 10.0. The van der Waals surface area contributed by atoms with Crippen molar-refractivity contribution in [1.29, 1.82) is 0 Å². The van der Waals surface area contributed by atoms with E-state index in [1.54, 1.807) is 4.90 Å². The largest absolute Gasteiger partial charge is 0.445 e. The number of fused-ring (bicyclic) bond motifs is 1. The third-order valence-electron chi connectivity index (χ3n) is 6.06. The number of amides is 2. The highest BCUT2D eigenvalue weighted by atomic mass is 16.6. The smallest absolute Gasteiger partial charge is 0.412 e. The summed E-state index contributed by atoms with van der Waals surface area (Å²) in [5.41, 5.74) is 3.23. The minimum absolute atomic E-state index is 0.265. The molecule has 0 radical (unpaired) electrons. The van der Waals surface area contributed by atoms with Crippen molar-refractivity contribution in [2.24, 2.45) is 0 Å². The SMILES string of the molecule is Cc1ccc2c(ccn2C2CCN(C(=O)OCc3ccccc3)CC2)c1NC(=O)OC(C)(C)C. The molecule has 34 heavy (non-hydrogen) atoms. The Balaban J connectivity index is 1.41. The number of aromatic nitrogens is 1. The molecule has 0 aliphatic carbocycles. The number of piperidine rings is 1. The van der Waals surface area contributed by atoms with Crippen LogP contribution in [0.25, 0.3) is 10.9 Å². The summed E-state index contributed by atoms with van der Waals surface area (Å²) in [5.74, 6) is 0. The average molecular weight is 464 g/mol. The molecule has 0 unspecified atom stereocenters. The third-order valence-corrected chi connectivity index (χ3v) is 6.06. The van der Waals surface area contributed by atoms with Crippen LogP contribution in [0.4, 0.5) is 15.3 Å². The van der Waals surface area contributed by atoms with E-state index in [1.165, 1.54) is 0 Å². The van der Waals surface area contributed by atoms with E-state index in [0.717, 1.165) is 40.6 Å². The first-order chi connectivity index (χ1) is 16.2. The van der Waals surface area contributed by atoms with Crippen LogP contribution < -0.4 is 5.32 Å². The monoisotopic (exact) mass is 463 g/mol. The Morgan fingerprint density at radius 2 is 1.74 bits per heavy atom. The van der Waals surface area contributed by atoms with E-state index in [0.29, 0.717) is 13.1 Å². The molecule has 1 N–H and O–H groups in total. The van der Waals surface area contributed by atoms with Gasteiger partial charge in [0.25, 0.3) is 0 Å². The second-order valence-electron chi connectivity index (χ2n) is 9.80. The number of nitrogens with zero attached hydrogens (tertiary/aromatic N) is 2. The van der Waals surface area contributed by atoms with Crippen molar-refractivity contribution in [3.8, 4) is 0 Å². The Morgan fingerprint density at radius 1 is 1.03 bits per heavy atom. The molecule has 2 heterocycles. The van der Waals surface area contributed by atoms with Gasteiger partial charge in [-0.1, -0.05) is 36.4 Å². The summed E-state index contributed by atoms with van der Waals surface area (Å²) in [6, 6.07) is 16.1. The predicted octanol–water partition coefficient (Wildman–Crippen LogP) is 6.27. The topological polar surface area (TPSA) is 72.8 Å². The highest BCUT2D eigenvalue weighted by molar-refractivity contribution is 6.01. The summed E-state index contributed by atoms with van der Waals surface area (Å²) < 4.78 is 13.2. The summed E-state index contributed by atoms with van der Waals surface area (Å²) in [6.07, 6.45) is 3.02. The Bertz CT molecular complexity index is 1160. The van der Waals surface area contributed by atoms with Gasteiger partial charge in [0.1, 0.15) is 12.2 Å². The number of hydrogen-bond donors (Lipinski definition) is 1. The summed E-state index contributed by atoms with van der Waals surface area (Å²) in [4.78, 5) is 26.7. The van der Waals surface area contributed by atoms with E-state index in [2.05, 4.69) is 22.1 Å². The second-order valence-corrected chi connectivity index (χ2v) is 9.80. The highest BCUT2D eigenvalue weighted by Crippen LogP contribution is 2.33. The first kappa shape index (κ1) is 23.7. The van der Waals surface area contributed by atoms with E-state index in [9.17, 15) is 9.59 Å². The van der Waals surface area contributed by atoms with Crippen molar-refractivity contribution in [2.75, 3.05) is 18.4 Å². The van der Waals surface area contributed by atoms with E-state index >= 15 is 0 Å². The van der Waals surface area contributed by atoms with Crippen molar-refractivity contribution in [2.45, 2.75) is 58.8 Å². The molecule has 4 rings (SSSR count). The molecule has 2 amide bonds. The van der Waals surface area contributed by atoms with Gasteiger partial charge in [0.2, 0.25) is 0 Å². The Kier molecular flexibility index (Phi) is 6.82. The number of nitrogens with one attached hydrogen (secondary N) is 1. The molecule has 1 fully saturated rings. The van der Waals surface area contributed by atoms with Gasteiger partial charge >= 0.3 is 12.2 Å². The number of hydrogen-bond acceptors (Lipinski definition) is 4. The number of likely N-dealkylation sites (tertiary alicyclic amines) is 1. The molecule has 1 aliphatic rings. The van der Waals surface area contributed by atoms with Crippen LogP contribution in [0.5, 0.6) is 0 Å². The minimum Gasteiger partial charge on any atom is -0.445 e. The molecule has 0 spiro atoms. The summed E-state index contributed by atoms with van der Waals surface area (Å²) in [6.45, 7) is 9.10. The molecular formula is C27H33N3O4. The van der Waals surface area contributed by atoms with Gasteiger partial charge in [-0.05, 0) is 63.8 Å². The molecule has 0 atom stereocenters. The normalized spacial score (nSPS) is 14.8. The van der Waals surface area contributed by atoms with Crippen molar-refractivity contribution in [3.05, 3.63) is 65.9 Å². The fourth-order valence-electron chi connectivity index (χ4n) is 4.37. The van der Waals surface area contributed by atoms with Gasteiger partial charge in [0, 0.05) is 30.7 Å². The molecule has 0 bridgehead atoms. The Morgan fingerprint density at radius 3 is 2.41 bits per heavy atom. The number of carbonyl (C=O) groups is 2. The van der Waals surface area contributed by atoms with E-state index < -0.39 is 11.7 Å². The number of anilines is 1. The van der Waals surface area contributed by atoms with Crippen LogP contribution in [0.3, 0.4) is 0 Å². The van der Waals surface area contributed by atoms with Crippen LogP contribution in [0.15, 0.2) is 54.7 Å². The lowest BCUT2D eigenvalue weighted by Crippen LogP contribution is -2.39. The van der Waals surface area contributed by atoms with Crippen LogP contribution in [0.2, 0.25) is 0 Å². The molecule has 1 aromatic heterocycles. The van der Waals surface area contributed by atoms with Gasteiger partial charge in [0.05, 0.1) is 11.2 Å². The van der Waals surface area contributed by atoms with Gasteiger partial charge < -0.3 is 18.9 Å². The maximum absolute atomic E-state index is 12.5. The van der Waals surface area contributed by atoms with Crippen LogP contribution in [0.1, 0.15) is 50.8 Å². The van der Waals surface area contributed by atoms with Crippen molar-refractivity contribution in [1.82, 2.24) is 9.47 Å². The fourth-order valence-corrected chi connectivity index (χ4v) is 4.37. The molecule has 1 aliphatic heterocycles. The van der Waals surface area contributed by atoms with Crippen LogP contribution in [-0.2, 0) is 16.1 Å². The number of benzene rings is 2. The number of ether oxygens (including phenoxy) is 2. The first-order valence-electron chi connectivity index (χ1n) is 11.8. The number of aryl methyl sites for hydroxylation is 1. The molecule has 7 nitrogen and oxygen atoms in total. The fraction of sp³-hybridized carbons (Fsp3) is 0.407. The molecule has 2 aromatic carbocycles. The standard InChI is InChI=1S/C27H33N3O4/c1-19-10-11-23-22(24(19)28-25(31)34-27(2,3)4)14-17-30(23)21-12-15-29(16-13-21)26(32)33-18-20-8-6-5-7-9-20/h5-11,14,17,21H,12-13,15-16,18H2,1-4H3,(H,28,31). The summed E-state index contributed by atoms with van der Waals surface area (Å²) in [5, 5.41) is 3.91. The zero-order valence-electron chi connectivity index (χ0n) is 20.3. The first-order valence-corrected chi connectivity index (χ1v) is 11.8. The van der Waals surface area contributed by atoms with Crippen molar-refractivity contribution >= 4 is 28.8 Å². The maximum atomic E-state index is 12.5. The third kappa shape index (κ3) is 5.53. The molecule has 0 saturated carbocycles. The van der Waals surface area contributed by atoms with Gasteiger partial charge in [-0.15, -0.1) is 0 Å². The lowest BCUT2D eigenvalue weighted by Gasteiger charge is -2.32. The van der Waals surface area contributed by atoms with E-state index in [1.807, 2.05) is 70.2 Å². The van der Waals surface area contributed by atoms with E-state index in [4.69, 9.17) is 9.47 Å². The number of carbonyl (C=O) groups excluding carboxylic acids is 2. The molecule has 7 heteroatoms. The Labute approximate surface area is 200 Å². The molecule has 3 aromatic rings. The van der Waals surface area contributed by atoms with Crippen molar-refractivity contribution < 1.29 is 19.1 Å². The highest BCUT2D eigenvalue weighted by Gasteiger charge is 2.26.